The number of hydrogen-bond acceptors (Lipinski definition) is 8. The first-order valence-electron chi connectivity index (χ1n) is 13.2. The first-order chi connectivity index (χ1) is 21.3. The van der Waals surface area contributed by atoms with E-state index in [1.165, 1.54) is 38.4 Å². The minimum Gasteiger partial charge on any atom is -0.495 e. The first kappa shape index (κ1) is 30.1. The molecule has 0 aliphatic heterocycles. The van der Waals surface area contributed by atoms with Crippen molar-refractivity contribution in [3.63, 3.8) is 0 Å². The third-order valence-electron chi connectivity index (χ3n) is 6.50. The van der Waals surface area contributed by atoms with Gasteiger partial charge in [0.05, 0.1) is 31.5 Å². The minimum atomic E-state index is -0.682. The predicted octanol–water partition coefficient (Wildman–Crippen LogP) is 6.52. The van der Waals surface area contributed by atoms with Crippen molar-refractivity contribution in [1.82, 2.24) is 10.4 Å². The van der Waals surface area contributed by atoms with Crippen molar-refractivity contribution >= 4 is 50.9 Å². The molecule has 0 bridgehead atoms. The molecule has 4 aromatic carbocycles. The van der Waals surface area contributed by atoms with E-state index in [1.807, 2.05) is 48.5 Å². The average molecular weight is 656 g/mol. The van der Waals surface area contributed by atoms with Crippen LogP contribution in [0, 0.1) is 0 Å². The number of rotatable bonds is 9. The lowest BCUT2D eigenvalue weighted by Gasteiger charge is -2.11. The van der Waals surface area contributed by atoms with Gasteiger partial charge in [-0.1, -0.05) is 58.4 Å². The Morgan fingerprint density at radius 1 is 0.818 bits per heavy atom. The van der Waals surface area contributed by atoms with E-state index in [-0.39, 0.29) is 22.8 Å². The smallest absolute Gasteiger partial charge is 0.343 e. The number of hydrazone groups is 1. The lowest BCUT2D eigenvalue weighted by molar-refractivity contribution is -0.132. The molecule has 0 atom stereocenters. The average Bonchev–Trinajstić information content (AvgIpc) is 3.42. The van der Waals surface area contributed by atoms with Crippen LogP contribution in [0.15, 0.2) is 94.5 Å². The van der Waals surface area contributed by atoms with E-state index in [0.29, 0.717) is 32.6 Å². The molecule has 0 radical (unpaired) electrons. The molecule has 1 heterocycles. The van der Waals surface area contributed by atoms with Crippen molar-refractivity contribution in [2.45, 2.75) is 6.92 Å². The van der Waals surface area contributed by atoms with Gasteiger partial charge in [0.25, 0.3) is 5.91 Å². The van der Waals surface area contributed by atoms with Crippen LogP contribution in [-0.2, 0) is 4.79 Å². The van der Waals surface area contributed by atoms with Gasteiger partial charge in [0.2, 0.25) is 0 Å². The normalized spacial score (nSPS) is 10.9. The summed E-state index contributed by atoms with van der Waals surface area (Å²) in [6.45, 7) is 1.26. The van der Waals surface area contributed by atoms with Crippen LogP contribution in [0.2, 0.25) is 0 Å². The van der Waals surface area contributed by atoms with Gasteiger partial charge in [0, 0.05) is 27.9 Å². The predicted molar refractivity (Wildman–Crippen MR) is 169 cm³/mol. The Labute approximate surface area is 260 Å². The van der Waals surface area contributed by atoms with E-state index in [4.69, 9.17) is 18.9 Å². The van der Waals surface area contributed by atoms with Crippen molar-refractivity contribution in [2.24, 2.45) is 5.10 Å². The van der Waals surface area contributed by atoms with Gasteiger partial charge in [-0.2, -0.15) is 5.10 Å². The Hall–Kier alpha value is -5.42. The van der Waals surface area contributed by atoms with Crippen molar-refractivity contribution < 1.29 is 33.3 Å². The number of esters is 2. The second kappa shape index (κ2) is 13.3. The number of ether oxygens (including phenoxy) is 4. The monoisotopic (exact) mass is 655 g/mol. The van der Waals surface area contributed by atoms with Gasteiger partial charge in [0.1, 0.15) is 17.2 Å². The number of amides is 1. The van der Waals surface area contributed by atoms with Crippen LogP contribution in [0.25, 0.3) is 22.0 Å². The molecule has 0 fully saturated rings. The fourth-order valence-corrected chi connectivity index (χ4v) is 4.94. The topological polar surface area (TPSA) is 128 Å². The molecule has 2 N–H and O–H groups in total. The zero-order valence-electron chi connectivity index (χ0n) is 23.8. The number of hydrogen-bond donors (Lipinski definition) is 2. The molecule has 11 heteroatoms. The maximum absolute atomic E-state index is 13.4. The molecule has 0 aliphatic rings. The Bertz CT molecular complexity index is 1900. The second-order valence-electron chi connectivity index (χ2n) is 9.35. The summed E-state index contributed by atoms with van der Waals surface area (Å²) in [6, 6.07) is 24.4. The number of carbonyl (C=O) groups is 3. The number of benzene rings is 4. The number of methoxy groups -OCH3 is 2. The highest BCUT2D eigenvalue weighted by Crippen LogP contribution is 2.36. The summed E-state index contributed by atoms with van der Waals surface area (Å²) in [5, 5.41) is 4.98. The molecule has 1 amide bonds. The SMILES string of the molecule is COc1cc(C(=O)Oc2ccc(Br)cc2C=NNC(=O)c2[nH]c3c(OC)cccc3c2-c2ccccc2)ccc1OC(C)=O. The highest BCUT2D eigenvalue weighted by Gasteiger charge is 2.21. The molecule has 0 aliphatic carbocycles. The van der Waals surface area contributed by atoms with E-state index >= 15 is 0 Å². The summed E-state index contributed by atoms with van der Waals surface area (Å²) in [4.78, 5) is 41.0. The second-order valence-corrected chi connectivity index (χ2v) is 10.3. The number of para-hydroxylation sites is 1. The van der Waals surface area contributed by atoms with Crippen LogP contribution in [0.1, 0.15) is 33.3 Å². The molecular formula is C33H26BrN3O7. The minimum absolute atomic E-state index is 0.166. The summed E-state index contributed by atoms with van der Waals surface area (Å²) in [6.07, 6.45) is 1.38. The Morgan fingerprint density at radius 3 is 2.30 bits per heavy atom. The van der Waals surface area contributed by atoms with Crippen LogP contribution >= 0.6 is 15.9 Å². The maximum Gasteiger partial charge on any atom is 0.343 e. The third kappa shape index (κ3) is 6.47. The van der Waals surface area contributed by atoms with Crippen LogP contribution in [0.5, 0.6) is 23.0 Å². The number of carbonyl (C=O) groups excluding carboxylic acids is 3. The molecule has 5 rings (SSSR count). The van der Waals surface area contributed by atoms with Crippen molar-refractivity contribution in [1.29, 1.82) is 0 Å². The van der Waals surface area contributed by atoms with Crippen LogP contribution in [0.4, 0.5) is 0 Å². The van der Waals surface area contributed by atoms with Crippen molar-refractivity contribution in [3.8, 4) is 34.1 Å². The number of aromatic amines is 1. The zero-order chi connectivity index (χ0) is 31.2. The first-order valence-corrected chi connectivity index (χ1v) is 14.0. The van der Waals surface area contributed by atoms with E-state index in [1.54, 1.807) is 25.3 Å². The summed E-state index contributed by atoms with van der Waals surface area (Å²) in [7, 11) is 2.96. The molecule has 0 saturated heterocycles. The van der Waals surface area contributed by atoms with Crippen molar-refractivity contribution in [3.05, 3.63) is 106 Å². The summed E-state index contributed by atoms with van der Waals surface area (Å²) >= 11 is 3.42. The number of halogens is 1. The fourth-order valence-electron chi connectivity index (χ4n) is 4.56. The molecular weight excluding hydrogens is 630 g/mol. The molecule has 0 unspecified atom stereocenters. The van der Waals surface area contributed by atoms with Crippen LogP contribution in [0.3, 0.4) is 0 Å². The van der Waals surface area contributed by atoms with Gasteiger partial charge in [-0.3, -0.25) is 9.59 Å². The van der Waals surface area contributed by atoms with Crippen molar-refractivity contribution in [2.75, 3.05) is 14.2 Å². The van der Waals surface area contributed by atoms with E-state index in [2.05, 4.69) is 31.4 Å². The number of aromatic nitrogens is 1. The lowest BCUT2D eigenvalue weighted by Crippen LogP contribution is -2.19. The van der Waals surface area contributed by atoms with E-state index in [0.717, 1.165) is 10.9 Å². The Kier molecular flexibility index (Phi) is 9.06. The fraction of sp³-hybridized carbons (Fsp3) is 0.0909. The molecule has 10 nitrogen and oxygen atoms in total. The van der Waals surface area contributed by atoms with Gasteiger partial charge >= 0.3 is 11.9 Å². The third-order valence-corrected chi connectivity index (χ3v) is 7.00. The highest BCUT2D eigenvalue weighted by atomic mass is 79.9. The van der Waals surface area contributed by atoms with Gasteiger partial charge < -0.3 is 23.9 Å². The molecule has 44 heavy (non-hydrogen) atoms. The Balaban J connectivity index is 1.40. The number of nitrogens with zero attached hydrogens (tertiary/aromatic N) is 1. The van der Waals surface area contributed by atoms with E-state index in [9.17, 15) is 14.4 Å². The lowest BCUT2D eigenvalue weighted by atomic mass is 10.0. The van der Waals surface area contributed by atoms with Gasteiger partial charge in [-0.25, -0.2) is 10.2 Å². The van der Waals surface area contributed by atoms with Crippen LogP contribution < -0.4 is 24.4 Å². The number of H-pyrrole nitrogens is 1. The highest BCUT2D eigenvalue weighted by molar-refractivity contribution is 9.10. The van der Waals surface area contributed by atoms with Gasteiger partial charge in [0.15, 0.2) is 11.5 Å². The number of fused-ring (bicyclic) bond motifs is 1. The van der Waals surface area contributed by atoms with Gasteiger partial charge in [-0.05, 0) is 48.0 Å². The summed E-state index contributed by atoms with van der Waals surface area (Å²) in [5.41, 5.74) is 5.69. The molecule has 1 aromatic heterocycles. The number of nitrogens with one attached hydrogen (secondary N) is 2. The summed E-state index contributed by atoms with van der Waals surface area (Å²) < 4.78 is 22.2. The molecule has 5 aromatic rings. The van der Waals surface area contributed by atoms with Crippen LogP contribution in [-0.4, -0.2) is 43.3 Å². The Morgan fingerprint density at radius 2 is 1.57 bits per heavy atom. The zero-order valence-corrected chi connectivity index (χ0v) is 25.4. The van der Waals surface area contributed by atoms with Gasteiger partial charge in [-0.15, -0.1) is 0 Å². The summed E-state index contributed by atoms with van der Waals surface area (Å²) in [5.74, 6) is -0.525. The quantitative estimate of drug-likeness (QED) is 0.0800. The standard InChI is InChI=1S/C33H26BrN3O7/c1-19(38)43-26-14-12-21(17-28(26)42-3)33(40)44-25-15-13-23(34)16-22(25)18-35-37-32(39)31-29(20-8-5-4-6-9-20)24-10-7-11-27(41-2)30(24)36-31/h4-18,36H,1-3H3,(H,37,39). The largest absolute Gasteiger partial charge is 0.495 e. The van der Waals surface area contributed by atoms with E-state index < -0.39 is 17.8 Å². The molecule has 0 saturated carbocycles. The maximum atomic E-state index is 13.4. The molecule has 222 valence electrons. The molecule has 0 spiro atoms.